The van der Waals surface area contributed by atoms with Crippen molar-refractivity contribution in [1.82, 2.24) is 9.97 Å². The minimum Gasteiger partial charge on any atom is -0.381 e. The summed E-state index contributed by atoms with van der Waals surface area (Å²) >= 11 is 0. The molecule has 0 unspecified atom stereocenters. The van der Waals surface area contributed by atoms with Gasteiger partial charge >= 0.3 is 0 Å². The highest BCUT2D eigenvalue weighted by Crippen LogP contribution is 2.22. The molecule has 5 nitrogen and oxygen atoms in total. The molecule has 0 amide bonds. The third-order valence-corrected chi connectivity index (χ3v) is 3.36. The second-order valence-corrected chi connectivity index (χ2v) is 5.05. The fourth-order valence-electron chi connectivity index (χ4n) is 2.22. The van der Waals surface area contributed by atoms with Crippen LogP contribution >= 0.6 is 0 Å². The van der Waals surface area contributed by atoms with Gasteiger partial charge in [-0.3, -0.25) is 0 Å². The molecule has 1 aliphatic heterocycles. The zero-order chi connectivity index (χ0) is 13.7. The summed E-state index contributed by atoms with van der Waals surface area (Å²) in [7, 11) is 0. The van der Waals surface area contributed by atoms with E-state index in [2.05, 4.69) is 34.4 Å². The highest BCUT2D eigenvalue weighted by molar-refractivity contribution is 5.57. The van der Waals surface area contributed by atoms with Crippen molar-refractivity contribution in [3.63, 3.8) is 0 Å². The van der Waals surface area contributed by atoms with Gasteiger partial charge in [0, 0.05) is 31.4 Å². The van der Waals surface area contributed by atoms with Crippen molar-refractivity contribution in [1.29, 1.82) is 0 Å². The van der Waals surface area contributed by atoms with Gasteiger partial charge in [0.15, 0.2) is 0 Å². The number of hydrogen-bond donors (Lipinski definition) is 2. The number of nitrogens with one attached hydrogen (secondary N) is 2. The lowest BCUT2D eigenvalue weighted by Crippen LogP contribution is -2.29. The normalized spacial score (nSPS) is 16.4. The van der Waals surface area contributed by atoms with Gasteiger partial charge in [0.2, 0.25) is 0 Å². The molecule has 19 heavy (non-hydrogen) atoms. The Bertz CT molecular complexity index is 416. The molecule has 5 heteroatoms. The van der Waals surface area contributed by atoms with E-state index >= 15 is 0 Å². The highest BCUT2D eigenvalue weighted by atomic mass is 16.5. The van der Waals surface area contributed by atoms with Gasteiger partial charge in [0.1, 0.15) is 17.5 Å². The average Bonchev–Trinajstić information content (AvgIpc) is 2.42. The van der Waals surface area contributed by atoms with Crippen molar-refractivity contribution in [3.8, 4) is 0 Å². The number of aryl methyl sites for hydroxylation is 1. The molecular formula is C14H24N4O. The summed E-state index contributed by atoms with van der Waals surface area (Å²) in [5.74, 6) is 2.71. The summed E-state index contributed by atoms with van der Waals surface area (Å²) in [6.45, 7) is 8.76. The van der Waals surface area contributed by atoms with E-state index in [0.29, 0.717) is 6.04 Å². The molecule has 1 saturated heterocycles. The van der Waals surface area contributed by atoms with Gasteiger partial charge in [-0.25, -0.2) is 9.97 Å². The molecule has 1 aromatic heterocycles. The first-order chi connectivity index (χ1) is 9.20. The molecule has 2 rings (SSSR count). The van der Waals surface area contributed by atoms with Gasteiger partial charge < -0.3 is 15.4 Å². The smallest absolute Gasteiger partial charge is 0.134 e. The quantitative estimate of drug-likeness (QED) is 0.855. The summed E-state index contributed by atoms with van der Waals surface area (Å²) in [6, 6.07) is 0.459. The van der Waals surface area contributed by atoms with E-state index in [-0.39, 0.29) is 0 Å². The van der Waals surface area contributed by atoms with Crippen molar-refractivity contribution < 1.29 is 4.74 Å². The maximum atomic E-state index is 5.38. The van der Waals surface area contributed by atoms with Crippen molar-refractivity contribution in [3.05, 3.63) is 11.4 Å². The highest BCUT2D eigenvalue weighted by Gasteiger charge is 2.16. The molecule has 0 radical (unpaired) electrons. The molecule has 1 aliphatic rings. The minimum atomic E-state index is 0.459. The van der Waals surface area contributed by atoms with Gasteiger partial charge in [-0.1, -0.05) is 6.92 Å². The molecule has 106 valence electrons. The third-order valence-electron chi connectivity index (χ3n) is 3.36. The molecule has 0 atom stereocenters. The van der Waals surface area contributed by atoms with Crippen LogP contribution in [0.15, 0.2) is 0 Å². The lowest BCUT2D eigenvalue weighted by Gasteiger charge is -2.25. The van der Waals surface area contributed by atoms with Gasteiger partial charge in [-0.15, -0.1) is 0 Å². The molecule has 0 spiro atoms. The molecule has 1 fully saturated rings. The van der Waals surface area contributed by atoms with Crippen LogP contribution in [0.2, 0.25) is 0 Å². The zero-order valence-electron chi connectivity index (χ0n) is 12.1. The van der Waals surface area contributed by atoms with E-state index in [9.17, 15) is 0 Å². The van der Waals surface area contributed by atoms with Crippen LogP contribution in [0.5, 0.6) is 0 Å². The SMILES string of the molecule is CCCNc1nc(C)nc(NC2CCOCC2)c1C. The Morgan fingerprint density at radius 3 is 2.53 bits per heavy atom. The van der Waals surface area contributed by atoms with E-state index in [1.165, 1.54) is 0 Å². The fourth-order valence-corrected chi connectivity index (χ4v) is 2.22. The summed E-state index contributed by atoms with van der Waals surface area (Å²) in [5.41, 5.74) is 1.10. The minimum absolute atomic E-state index is 0.459. The van der Waals surface area contributed by atoms with Crippen LogP contribution in [0.4, 0.5) is 11.6 Å². The first kappa shape index (κ1) is 14.1. The number of hydrogen-bond acceptors (Lipinski definition) is 5. The summed E-state index contributed by atoms with van der Waals surface area (Å²) < 4.78 is 5.38. The predicted octanol–water partition coefficient (Wildman–Crippen LogP) is 2.51. The van der Waals surface area contributed by atoms with Crippen molar-refractivity contribution in [2.24, 2.45) is 0 Å². The van der Waals surface area contributed by atoms with Crippen LogP contribution in [0.3, 0.4) is 0 Å². The maximum Gasteiger partial charge on any atom is 0.134 e. The molecule has 2 N–H and O–H groups in total. The van der Waals surface area contributed by atoms with Crippen LogP contribution in [-0.4, -0.2) is 35.8 Å². The second-order valence-electron chi connectivity index (χ2n) is 5.05. The fraction of sp³-hybridized carbons (Fsp3) is 0.714. The van der Waals surface area contributed by atoms with Crippen LogP contribution in [0, 0.1) is 13.8 Å². The summed E-state index contributed by atoms with van der Waals surface area (Å²) in [6.07, 6.45) is 3.17. The molecule has 0 bridgehead atoms. The summed E-state index contributed by atoms with van der Waals surface area (Å²) in [4.78, 5) is 9.01. The monoisotopic (exact) mass is 264 g/mol. The topological polar surface area (TPSA) is 59.1 Å². The van der Waals surface area contributed by atoms with E-state index in [1.54, 1.807) is 0 Å². The van der Waals surface area contributed by atoms with E-state index in [0.717, 1.165) is 62.0 Å². The van der Waals surface area contributed by atoms with E-state index in [1.807, 2.05) is 6.92 Å². The van der Waals surface area contributed by atoms with Crippen LogP contribution in [-0.2, 0) is 4.74 Å². The first-order valence-electron chi connectivity index (χ1n) is 7.14. The Hall–Kier alpha value is -1.36. The van der Waals surface area contributed by atoms with Gasteiger partial charge in [0.05, 0.1) is 0 Å². The molecular weight excluding hydrogens is 240 g/mol. The Morgan fingerprint density at radius 2 is 1.84 bits per heavy atom. The molecule has 0 saturated carbocycles. The third kappa shape index (κ3) is 3.80. The molecule has 0 aliphatic carbocycles. The van der Waals surface area contributed by atoms with Crippen molar-refractivity contribution >= 4 is 11.6 Å². The Balaban J connectivity index is 2.11. The number of ether oxygens (including phenoxy) is 1. The number of anilines is 2. The van der Waals surface area contributed by atoms with E-state index < -0.39 is 0 Å². The molecule has 0 aromatic carbocycles. The Labute approximate surface area is 115 Å². The first-order valence-corrected chi connectivity index (χ1v) is 7.14. The largest absolute Gasteiger partial charge is 0.381 e. The molecule has 2 heterocycles. The van der Waals surface area contributed by atoms with Crippen molar-refractivity contribution in [2.45, 2.75) is 46.1 Å². The lowest BCUT2D eigenvalue weighted by molar-refractivity contribution is 0.0903. The van der Waals surface area contributed by atoms with Crippen LogP contribution in [0.1, 0.15) is 37.6 Å². The lowest BCUT2D eigenvalue weighted by atomic mass is 10.1. The number of aromatic nitrogens is 2. The number of nitrogens with zero attached hydrogens (tertiary/aromatic N) is 2. The van der Waals surface area contributed by atoms with E-state index in [4.69, 9.17) is 4.74 Å². The van der Waals surface area contributed by atoms with Crippen molar-refractivity contribution in [2.75, 3.05) is 30.4 Å². The van der Waals surface area contributed by atoms with Crippen LogP contribution in [0.25, 0.3) is 0 Å². The number of rotatable bonds is 5. The predicted molar refractivity (Wildman–Crippen MR) is 77.8 cm³/mol. The summed E-state index contributed by atoms with van der Waals surface area (Å²) in [5, 5.41) is 6.90. The van der Waals surface area contributed by atoms with Gasteiger partial charge in [-0.05, 0) is 33.1 Å². The average molecular weight is 264 g/mol. The maximum absolute atomic E-state index is 5.38. The van der Waals surface area contributed by atoms with Crippen LogP contribution < -0.4 is 10.6 Å². The zero-order valence-corrected chi connectivity index (χ0v) is 12.1. The second kappa shape index (κ2) is 6.70. The molecule has 1 aromatic rings. The van der Waals surface area contributed by atoms with Gasteiger partial charge in [0.25, 0.3) is 0 Å². The standard InChI is InChI=1S/C14H24N4O/c1-4-7-15-13-10(2)14(17-11(3)16-13)18-12-5-8-19-9-6-12/h12H,4-9H2,1-3H3,(H2,15,16,17,18). The Kier molecular flexibility index (Phi) is 4.96. The Morgan fingerprint density at radius 1 is 1.16 bits per heavy atom. The van der Waals surface area contributed by atoms with Gasteiger partial charge in [-0.2, -0.15) is 0 Å².